The molecule has 0 fully saturated rings. The van der Waals surface area contributed by atoms with Gasteiger partial charge in [0.25, 0.3) is 5.56 Å². The minimum atomic E-state index is -0.882. The van der Waals surface area contributed by atoms with Gasteiger partial charge in [0.1, 0.15) is 11.8 Å². The number of halogens is 2. The van der Waals surface area contributed by atoms with Crippen molar-refractivity contribution in [1.82, 2.24) is 4.57 Å². The highest BCUT2D eigenvalue weighted by atomic mass is 35.5. The van der Waals surface area contributed by atoms with E-state index >= 15 is 0 Å². The average Bonchev–Trinajstić information content (AvgIpc) is 3.14. The van der Waals surface area contributed by atoms with Crippen molar-refractivity contribution in [2.75, 3.05) is 21.3 Å². The Balaban J connectivity index is 2.02. The summed E-state index contributed by atoms with van der Waals surface area (Å²) in [7, 11) is 4.16. The number of fused-ring (bicyclic) bond motifs is 1. The number of methoxy groups -OCH3 is 3. The van der Waals surface area contributed by atoms with Gasteiger partial charge in [-0.1, -0.05) is 34.5 Å². The first-order valence-corrected chi connectivity index (χ1v) is 11.8. The number of phenols is 1. The van der Waals surface area contributed by atoms with Crippen LogP contribution in [0.25, 0.3) is 6.08 Å². The lowest BCUT2D eigenvalue weighted by Crippen LogP contribution is -2.40. The number of allylic oxidation sites excluding steroid dienone is 1. The Morgan fingerprint density at radius 2 is 1.86 bits per heavy atom. The second kappa shape index (κ2) is 9.77. The monoisotopic (exact) mass is 534 g/mol. The molecule has 182 valence electrons. The van der Waals surface area contributed by atoms with Crippen LogP contribution in [-0.2, 0) is 9.53 Å². The molecule has 2 heterocycles. The first-order valence-electron chi connectivity index (χ1n) is 10.2. The molecule has 0 radical (unpaired) electrons. The Hall–Kier alpha value is -3.27. The normalized spacial score (nSPS) is 15.5. The van der Waals surface area contributed by atoms with Crippen molar-refractivity contribution in [2.45, 2.75) is 13.0 Å². The van der Waals surface area contributed by atoms with Crippen LogP contribution in [0.15, 0.2) is 51.4 Å². The first kappa shape index (κ1) is 24.8. The van der Waals surface area contributed by atoms with Crippen LogP contribution in [-0.4, -0.2) is 37.0 Å². The lowest BCUT2D eigenvalue weighted by Gasteiger charge is -2.25. The Bertz CT molecular complexity index is 1560. The Morgan fingerprint density at radius 1 is 1.14 bits per heavy atom. The van der Waals surface area contributed by atoms with Crippen LogP contribution in [0.2, 0.25) is 10.0 Å². The molecule has 0 saturated carbocycles. The van der Waals surface area contributed by atoms with E-state index in [-0.39, 0.29) is 22.1 Å². The Morgan fingerprint density at radius 3 is 2.51 bits per heavy atom. The molecule has 8 nitrogen and oxygen atoms in total. The van der Waals surface area contributed by atoms with Crippen molar-refractivity contribution in [3.63, 3.8) is 0 Å². The Kier molecular flexibility index (Phi) is 6.93. The largest absolute Gasteiger partial charge is 0.503 e. The highest BCUT2D eigenvalue weighted by Crippen LogP contribution is 2.37. The van der Waals surface area contributed by atoms with Gasteiger partial charge in [-0.25, -0.2) is 9.79 Å². The number of carbonyl (C=O) groups is 1. The molecule has 35 heavy (non-hydrogen) atoms. The fourth-order valence-corrected chi connectivity index (χ4v) is 5.34. The average molecular weight is 535 g/mol. The second-order valence-electron chi connectivity index (χ2n) is 7.51. The summed E-state index contributed by atoms with van der Waals surface area (Å²) in [5, 5.41) is 10.5. The molecule has 1 N–H and O–H groups in total. The van der Waals surface area contributed by atoms with E-state index in [0.29, 0.717) is 36.9 Å². The smallest absolute Gasteiger partial charge is 0.338 e. The van der Waals surface area contributed by atoms with Gasteiger partial charge < -0.3 is 19.3 Å². The van der Waals surface area contributed by atoms with E-state index in [2.05, 4.69) is 4.99 Å². The molecule has 0 unspecified atom stereocenters. The zero-order valence-corrected chi connectivity index (χ0v) is 21.4. The van der Waals surface area contributed by atoms with E-state index in [1.165, 1.54) is 32.0 Å². The Labute approximate surface area is 213 Å². The summed E-state index contributed by atoms with van der Waals surface area (Å²) in [5.41, 5.74) is 1.26. The molecule has 0 saturated heterocycles. The van der Waals surface area contributed by atoms with Crippen LogP contribution in [0.4, 0.5) is 0 Å². The molecule has 1 aromatic heterocycles. The first-order chi connectivity index (χ1) is 16.7. The van der Waals surface area contributed by atoms with Crippen molar-refractivity contribution in [1.29, 1.82) is 0 Å². The predicted octanol–water partition coefficient (Wildman–Crippen LogP) is 3.44. The van der Waals surface area contributed by atoms with Crippen LogP contribution in [0.5, 0.6) is 17.2 Å². The van der Waals surface area contributed by atoms with Gasteiger partial charge in [-0.05, 0) is 48.9 Å². The highest BCUT2D eigenvalue weighted by Gasteiger charge is 2.35. The number of phenolic OH excluding ortho intramolecular Hbond substituents is 1. The number of rotatable bonds is 5. The maximum atomic E-state index is 13.7. The van der Waals surface area contributed by atoms with E-state index in [0.717, 1.165) is 11.3 Å². The van der Waals surface area contributed by atoms with Gasteiger partial charge in [0.05, 0.1) is 42.2 Å². The summed E-state index contributed by atoms with van der Waals surface area (Å²) in [5.74, 6) is -0.205. The van der Waals surface area contributed by atoms with Gasteiger partial charge in [-0.15, -0.1) is 0 Å². The maximum absolute atomic E-state index is 13.7. The molecule has 3 aromatic rings. The number of thiazole rings is 1. The van der Waals surface area contributed by atoms with E-state index in [4.69, 9.17) is 37.4 Å². The highest BCUT2D eigenvalue weighted by molar-refractivity contribution is 7.07. The molecule has 4 rings (SSSR count). The van der Waals surface area contributed by atoms with Crippen molar-refractivity contribution in [2.24, 2.45) is 4.99 Å². The number of aromatic nitrogens is 1. The zero-order valence-electron chi connectivity index (χ0n) is 19.1. The summed E-state index contributed by atoms with van der Waals surface area (Å²) in [6, 6.07) is 7.16. The van der Waals surface area contributed by atoms with Gasteiger partial charge in [0, 0.05) is 10.6 Å². The fourth-order valence-electron chi connectivity index (χ4n) is 3.89. The SMILES string of the molecule is COC(=O)C1=C(C)N=c2s/c(=C\c3cc(Cl)c(O)c(OC)c3)c(=O)n2[C@H]1c1cc(Cl)ccc1OC. The van der Waals surface area contributed by atoms with Gasteiger partial charge in [-0.2, -0.15) is 0 Å². The van der Waals surface area contributed by atoms with Gasteiger partial charge in [0.15, 0.2) is 16.3 Å². The van der Waals surface area contributed by atoms with Crippen molar-refractivity contribution >= 4 is 46.6 Å². The lowest BCUT2D eigenvalue weighted by molar-refractivity contribution is -0.136. The van der Waals surface area contributed by atoms with Crippen molar-refractivity contribution in [3.8, 4) is 17.2 Å². The molecule has 0 spiro atoms. The third kappa shape index (κ3) is 4.42. The minimum absolute atomic E-state index is 0.0775. The topological polar surface area (TPSA) is 99.4 Å². The second-order valence-corrected chi connectivity index (χ2v) is 9.37. The molecule has 0 aliphatic carbocycles. The predicted molar refractivity (Wildman–Crippen MR) is 133 cm³/mol. The molecule has 1 atom stereocenters. The molecular formula is C24H20Cl2N2O6S. The van der Waals surface area contributed by atoms with Crippen LogP contribution < -0.4 is 24.4 Å². The standard InChI is InChI=1S/C24H20Cl2N2O6S/c1-11-19(23(31)34-4)20(14-10-13(25)5-6-16(14)32-2)28-22(30)18(35-24(28)27-11)9-12-7-15(26)21(29)17(8-12)33-3/h5-10,20,29H,1-4H3/b18-9-/t20-/m0/s1. The quantitative estimate of drug-likeness (QED) is 0.503. The molecule has 0 amide bonds. The number of ether oxygens (including phenoxy) is 3. The maximum Gasteiger partial charge on any atom is 0.338 e. The van der Waals surface area contributed by atoms with E-state index in [1.807, 2.05) is 0 Å². The van der Waals surface area contributed by atoms with E-state index in [1.54, 1.807) is 37.3 Å². The third-order valence-electron chi connectivity index (χ3n) is 5.48. The van der Waals surface area contributed by atoms with Crippen molar-refractivity contribution < 1.29 is 24.1 Å². The molecule has 11 heteroatoms. The minimum Gasteiger partial charge on any atom is -0.503 e. The number of aromatic hydroxyl groups is 1. The number of nitrogens with zero attached hydrogens (tertiary/aromatic N) is 2. The van der Waals surface area contributed by atoms with E-state index in [9.17, 15) is 14.7 Å². The third-order valence-corrected chi connectivity index (χ3v) is 6.99. The zero-order chi connectivity index (χ0) is 25.4. The molecule has 1 aliphatic heterocycles. The lowest BCUT2D eigenvalue weighted by atomic mass is 9.95. The van der Waals surface area contributed by atoms with Gasteiger partial charge >= 0.3 is 5.97 Å². The fraction of sp³-hybridized carbons (Fsp3) is 0.208. The van der Waals surface area contributed by atoms with Crippen LogP contribution in [0, 0.1) is 0 Å². The van der Waals surface area contributed by atoms with Crippen LogP contribution >= 0.6 is 34.5 Å². The summed E-state index contributed by atoms with van der Waals surface area (Å²) >= 11 is 13.5. The summed E-state index contributed by atoms with van der Waals surface area (Å²) in [6.45, 7) is 1.68. The molecule has 0 bridgehead atoms. The number of benzene rings is 2. The molecule has 1 aliphatic rings. The van der Waals surface area contributed by atoms with Crippen molar-refractivity contribution in [3.05, 3.63) is 82.5 Å². The van der Waals surface area contributed by atoms with Gasteiger partial charge in [0.2, 0.25) is 0 Å². The number of esters is 1. The summed E-state index contributed by atoms with van der Waals surface area (Å²) in [4.78, 5) is 31.4. The number of carbonyl (C=O) groups excluding carboxylic acids is 1. The number of hydrogen-bond acceptors (Lipinski definition) is 8. The van der Waals surface area contributed by atoms with Crippen LogP contribution in [0.3, 0.4) is 0 Å². The summed E-state index contributed by atoms with van der Waals surface area (Å²) in [6.07, 6.45) is 1.61. The van der Waals surface area contributed by atoms with Gasteiger partial charge in [-0.3, -0.25) is 9.36 Å². The molecule has 2 aromatic carbocycles. The van der Waals surface area contributed by atoms with Crippen LogP contribution in [0.1, 0.15) is 24.1 Å². The number of hydrogen-bond donors (Lipinski definition) is 1. The molecular weight excluding hydrogens is 515 g/mol. The van der Waals surface area contributed by atoms with E-state index < -0.39 is 17.6 Å². The summed E-state index contributed by atoms with van der Waals surface area (Å²) < 4.78 is 17.4.